The fraction of sp³-hybridized carbons (Fsp3) is 0.500. The van der Waals surface area contributed by atoms with Crippen molar-refractivity contribution in [3.8, 4) is 18.4 Å². The maximum absolute atomic E-state index is 14.7. The first-order valence-electron chi connectivity index (χ1n) is 14.5. The van der Waals surface area contributed by atoms with Gasteiger partial charge < -0.3 is 19.9 Å². The van der Waals surface area contributed by atoms with Gasteiger partial charge in [0, 0.05) is 41.7 Å². The van der Waals surface area contributed by atoms with Gasteiger partial charge in [-0.15, -0.1) is 6.42 Å². The first kappa shape index (κ1) is 24.8. The van der Waals surface area contributed by atoms with Crippen LogP contribution in [0.2, 0.25) is 0 Å². The van der Waals surface area contributed by atoms with E-state index < -0.39 is 0 Å². The average molecular weight is 526 g/mol. The molecular weight excluding hydrogens is 489 g/mol. The average Bonchev–Trinajstić information content (AvgIpc) is 3.53. The largest absolute Gasteiger partial charge is 0.462 e. The Morgan fingerprint density at radius 3 is 2.72 bits per heavy atom. The van der Waals surface area contributed by atoms with Gasteiger partial charge in [-0.25, -0.2) is 4.39 Å². The third kappa shape index (κ3) is 4.54. The molecule has 0 aliphatic carbocycles. The molecule has 0 unspecified atom stereocenters. The van der Waals surface area contributed by atoms with Gasteiger partial charge in [-0.3, -0.25) is 0 Å². The number of nitrogens with one attached hydrogen (secondary N) is 1. The second kappa shape index (κ2) is 10.1. The number of benzene rings is 2. The van der Waals surface area contributed by atoms with Crippen molar-refractivity contribution in [3.63, 3.8) is 0 Å². The van der Waals surface area contributed by atoms with Gasteiger partial charge in [0.2, 0.25) is 0 Å². The Labute approximate surface area is 230 Å². The molecule has 7 heteroatoms. The summed E-state index contributed by atoms with van der Waals surface area (Å²) in [5.41, 5.74) is 4.79. The first-order valence-corrected chi connectivity index (χ1v) is 14.5. The van der Waals surface area contributed by atoms with Crippen molar-refractivity contribution in [1.29, 1.82) is 0 Å². The Morgan fingerprint density at radius 2 is 1.95 bits per heavy atom. The maximum Gasteiger partial charge on any atom is 0.316 e. The van der Waals surface area contributed by atoms with Crippen molar-refractivity contribution >= 4 is 16.5 Å². The molecule has 3 aromatic rings. The van der Waals surface area contributed by atoms with Crippen LogP contribution in [0.5, 0.6) is 6.01 Å². The number of aromatic nitrogens is 2. The molecule has 0 amide bonds. The lowest BCUT2D eigenvalue weighted by Gasteiger charge is -2.35. The van der Waals surface area contributed by atoms with Crippen LogP contribution in [0.3, 0.4) is 0 Å². The lowest BCUT2D eigenvalue weighted by atomic mass is 9.85. The van der Waals surface area contributed by atoms with Crippen molar-refractivity contribution in [1.82, 2.24) is 20.2 Å². The van der Waals surface area contributed by atoms with Gasteiger partial charge >= 0.3 is 6.01 Å². The zero-order chi connectivity index (χ0) is 26.5. The van der Waals surface area contributed by atoms with Gasteiger partial charge in [0.05, 0.1) is 23.5 Å². The number of piperidine rings is 1. The fourth-order valence-corrected chi connectivity index (χ4v) is 7.42. The lowest BCUT2D eigenvalue weighted by molar-refractivity contribution is 0.186. The Morgan fingerprint density at radius 1 is 1.10 bits per heavy atom. The molecule has 2 aromatic carbocycles. The van der Waals surface area contributed by atoms with E-state index in [2.05, 4.69) is 28.1 Å². The van der Waals surface area contributed by atoms with Gasteiger partial charge in [-0.2, -0.15) is 9.97 Å². The maximum atomic E-state index is 14.7. The molecule has 4 atom stereocenters. The van der Waals surface area contributed by atoms with Crippen LogP contribution in [-0.4, -0.2) is 59.7 Å². The van der Waals surface area contributed by atoms with Gasteiger partial charge in [-0.1, -0.05) is 24.1 Å². The van der Waals surface area contributed by atoms with E-state index in [1.165, 1.54) is 36.6 Å². The van der Waals surface area contributed by atoms with Crippen molar-refractivity contribution in [2.75, 3.05) is 31.6 Å². The summed E-state index contributed by atoms with van der Waals surface area (Å²) < 4.78 is 21.0. The number of terminal acetylenes is 1. The number of rotatable bonds is 5. The Hall–Kier alpha value is -3.21. The molecule has 7 rings (SSSR count). The van der Waals surface area contributed by atoms with Crippen LogP contribution in [0.25, 0.3) is 10.8 Å². The molecule has 1 aromatic heterocycles. The first-order chi connectivity index (χ1) is 19.1. The van der Waals surface area contributed by atoms with Crippen molar-refractivity contribution in [2.45, 2.75) is 75.5 Å². The number of ether oxygens (including phenoxy) is 1. The van der Waals surface area contributed by atoms with E-state index in [1.54, 1.807) is 0 Å². The molecular formula is C32H36FN5O. The highest BCUT2D eigenvalue weighted by atomic mass is 19.1. The third-order valence-corrected chi connectivity index (χ3v) is 9.47. The van der Waals surface area contributed by atoms with Crippen LogP contribution >= 0.6 is 0 Å². The van der Waals surface area contributed by atoms with E-state index in [9.17, 15) is 4.39 Å². The van der Waals surface area contributed by atoms with Crippen molar-refractivity contribution in [3.05, 3.63) is 58.7 Å². The van der Waals surface area contributed by atoms with Crippen LogP contribution in [0.1, 0.15) is 67.0 Å². The zero-order valence-corrected chi connectivity index (χ0v) is 22.6. The SMILES string of the molecule is C#Cc1c(F)ccc2cccc(N3CCc4c(nc(OC[C@@H]5CCCN5C)nc4[C@@H]4C[C@H]5CC[C@@H](C4)N5)C3)c12. The highest BCUT2D eigenvalue weighted by Crippen LogP contribution is 2.41. The quantitative estimate of drug-likeness (QED) is 0.484. The summed E-state index contributed by atoms with van der Waals surface area (Å²) in [7, 11) is 2.17. The molecule has 202 valence electrons. The topological polar surface area (TPSA) is 53.5 Å². The molecule has 5 heterocycles. The number of likely N-dealkylation sites (N-methyl/N-ethyl adjacent to an activating group) is 1. The smallest absolute Gasteiger partial charge is 0.316 e. The van der Waals surface area contributed by atoms with Gasteiger partial charge in [0.25, 0.3) is 0 Å². The van der Waals surface area contributed by atoms with Crippen molar-refractivity contribution < 1.29 is 9.13 Å². The minimum atomic E-state index is -0.354. The van der Waals surface area contributed by atoms with E-state index in [4.69, 9.17) is 21.1 Å². The van der Waals surface area contributed by atoms with Crippen LogP contribution in [0.15, 0.2) is 30.3 Å². The third-order valence-electron chi connectivity index (χ3n) is 9.47. The molecule has 0 radical (unpaired) electrons. The van der Waals surface area contributed by atoms with E-state index in [0.29, 0.717) is 48.8 Å². The number of halogens is 1. The molecule has 3 saturated heterocycles. The fourth-order valence-electron chi connectivity index (χ4n) is 7.42. The van der Waals surface area contributed by atoms with Crippen LogP contribution in [-0.2, 0) is 13.0 Å². The minimum Gasteiger partial charge on any atom is -0.462 e. The predicted molar refractivity (Wildman–Crippen MR) is 152 cm³/mol. The molecule has 1 N–H and O–H groups in total. The van der Waals surface area contributed by atoms with Crippen molar-refractivity contribution in [2.24, 2.45) is 0 Å². The summed E-state index contributed by atoms with van der Waals surface area (Å²) >= 11 is 0. The van der Waals surface area contributed by atoms with E-state index in [-0.39, 0.29) is 5.82 Å². The van der Waals surface area contributed by atoms with E-state index >= 15 is 0 Å². The predicted octanol–water partition coefficient (Wildman–Crippen LogP) is 4.78. The Balaban J connectivity index is 1.25. The van der Waals surface area contributed by atoms with Gasteiger partial charge in [0.15, 0.2) is 0 Å². The number of anilines is 1. The highest BCUT2D eigenvalue weighted by Gasteiger charge is 2.37. The van der Waals surface area contributed by atoms with Crippen LogP contribution in [0.4, 0.5) is 10.1 Å². The number of hydrogen-bond donors (Lipinski definition) is 1. The van der Waals surface area contributed by atoms with E-state index in [1.807, 2.05) is 24.3 Å². The summed E-state index contributed by atoms with van der Waals surface area (Å²) in [4.78, 5) is 14.8. The van der Waals surface area contributed by atoms with Gasteiger partial charge in [0.1, 0.15) is 12.4 Å². The second-order valence-corrected chi connectivity index (χ2v) is 11.8. The summed E-state index contributed by atoms with van der Waals surface area (Å²) in [5, 5.41) is 5.53. The Bertz CT molecular complexity index is 1440. The lowest BCUT2D eigenvalue weighted by Crippen LogP contribution is -2.39. The Kier molecular flexibility index (Phi) is 6.41. The van der Waals surface area contributed by atoms with Crippen LogP contribution in [0, 0.1) is 18.2 Å². The zero-order valence-electron chi connectivity index (χ0n) is 22.6. The van der Waals surface area contributed by atoms with E-state index in [0.717, 1.165) is 60.9 Å². The molecule has 6 nitrogen and oxygen atoms in total. The molecule has 4 aliphatic rings. The minimum absolute atomic E-state index is 0.326. The summed E-state index contributed by atoms with van der Waals surface area (Å²) in [5.74, 6) is 2.68. The molecule has 3 fully saturated rings. The summed E-state index contributed by atoms with van der Waals surface area (Å²) in [6.07, 6.45) is 13.8. The standard InChI is InChI=1S/C32H36FN5O/c1-3-25-27(33)12-9-20-6-4-8-29(30(20)25)38-15-13-26-28(18-38)35-32(39-19-24-7-5-14-37(24)2)36-31(26)21-16-22-10-11-23(17-21)34-22/h1,4,6,8-9,12,21-24,34H,5,7,10-11,13-19H2,2H3/t21-,22-,23+,24-/m0/s1. The molecule has 2 bridgehead atoms. The highest BCUT2D eigenvalue weighted by molar-refractivity contribution is 5.99. The molecule has 4 aliphatic heterocycles. The van der Waals surface area contributed by atoms with Gasteiger partial charge in [-0.05, 0) is 81.6 Å². The summed E-state index contributed by atoms with van der Waals surface area (Å²) in [6.45, 7) is 3.17. The number of hydrogen-bond acceptors (Lipinski definition) is 6. The molecule has 0 spiro atoms. The molecule has 39 heavy (non-hydrogen) atoms. The monoisotopic (exact) mass is 525 g/mol. The number of nitrogens with zero attached hydrogens (tertiary/aromatic N) is 4. The summed E-state index contributed by atoms with van der Waals surface area (Å²) in [6, 6.07) is 11.4. The number of fused-ring (bicyclic) bond motifs is 4. The number of likely N-dealkylation sites (tertiary alicyclic amines) is 1. The molecule has 0 saturated carbocycles. The van der Waals surface area contributed by atoms with Crippen LogP contribution < -0.4 is 15.0 Å². The normalized spacial score (nSPS) is 26.5. The second-order valence-electron chi connectivity index (χ2n) is 11.8.